The molecule has 1 unspecified atom stereocenters. The predicted octanol–water partition coefficient (Wildman–Crippen LogP) is 3.31. The lowest BCUT2D eigenvalue weighted by atomic mass is 10.1. The summed E-state index contributed by atoms with van der Waals surface area (Å²) in [6, 6.07) is -0.633. The zero-order valence-corrected chi connectivity index (χ0v) is 17.9. The fraction of sp³-hybridized carbons (Fsp3) is 0.529. The standard InChI is InChI=1S/C17H18Cl2FN7O4/c1-9-13(27(28)29)16(24-26(9)12-3-6-30-8-11(12)20)31-5-2-4-25-15-10(14(18)23-25)7-21-17(19)22-15/h7,11-12H,2-6,8H2,1H3/t11-,12?/m0/s1. The third-order valence-corrected chi connectivity index (χ3v) is 5.47. The van der Waals surface area contributed by atoms with Crippen molar-refractivity contribution in [2.45, 2.75) is 38.5 Å². The predicted molar refractivity (Wildman–Crippen MR) is 108 cm³/mol. The van der Waals surface area contributed by atoms with Crippen molar-refractivity contribution in [3.63, 3.8) is 0 Å². The molecule has 0 amide bonds. The van der Waals surface area contributed by atoms with Crippen LogP contribution in [0, 0.1) is 17.0 Å². The minimum absolute atomic E-state index is 0.0671. The summed E-state index contributed by atoms with van der Waals surface area (Å²) < 4.78 is 27.9. The summed E-state index contributed by atoms with van der Waals surface area (Å²) >= 11 is 11.9. The molecule has 166 valence electrons. The molecule has 3 aromatic heterocycles. The average Bonchev–Trinajstić information content (AvgIpc) is 3.22. The van der Waals surface area contributed by atoms with Gasteiger partial charge in [-0.15, -0.1) is 5.10 Å². The monoisotopic (exact) mass is 473 g/mol. The number of halogens is 3. The van der Waals surface area contributed by atoms with Crippen molar-refractivity contribution < 1.29 is 18.8 Å². The maximum Gasteiger partial charge on any atom is 0.352 e. The first-order valence-corrected chi connectivity index (χ1v) is 10.2. The van der Waals surface area contributed by atoms with Crippen LogP contribution in [0.25, 0.3) is 11.0 Å². The molecule has 31 heavy (non-hydrogen) atoms. The highest BCUT2D eigenvalue weighted by molar-refractivity contribution is 6.34. The number of hydrogen-bond donors (Lipinski definition) is 0. The van der Waals surface area contributed by atoms with Crippen molar-refractivity contribution in [2.24, 2.45) is 0 Å². The number of ether oxygens (including phenoxy) is 2. The third kappa shape index (κ3) is 4.27. The fourth-order valence-corrected chi connectivity index (χ4v) is 3.88. The van der Waals surface area contributed by atoms with Crippen molar-refractivity contribution in [3.8, 4) is 5.88 Å². The van der Waals surface area contributed by atoms with Crippen LogP contribution in [-0.4, -0.2) is 60.4 Å². The van der Waals surface area contributed by atoms with Crippen molar-refractivity contribution in [1.29, 1.82) is 0 Å². The van der Waals surface area contributed by atoms with Crippen molar-refractivity contribution in [2.75, 3.05) is 19.8 Å². The average molecular weight is 474 g/mol. The molecule has 1 fully saturated rings. The lowest BCUT2D eigenvalue weighted by Crippen LogP contribution is -2.32. The van der Waals surface area contributed by atoms with Crippen LogP contribution >= 0.6 is 23.2 Å². The van der Waals surface area contributed by atoms with Gasteiger partial charge in [0.2, 0.25) is 5.28 Å². The molecule has 11 nitrogen and oxygen atoms in total. The Labute approximate surface area is 185 Å². The van der Waals surface area contributed by atoms with Gasteiger partial charge in [-0.3, -0.25) is 14.8 Å². The quantitative estimate of drug-likeness (QED) is 0.221. The number of aromatic nitrogens is 6. The molecular formula is C17H18Cl2FN7O4. The zero-order valence-electron chi connectivity index (χ0n) is 16.4. The summed E-state index contributed by atoms with van der Waals surface area (Å²) in [5, 5.41) is 20.8. The Morgan fingerprint density at radius 2 is 2.23 bits per heavy atom. The van der Waals surface area contributed by atoms with Gasteiger partial charge in [-0.2, -0.15) is 10.1 Å². The maximum absolute atomic E-state index is 14.3. The van der Waals surface area contributed by atoms with Gasteiger partial charge in [-0.25, -0.2) is 14.1 Å². The van der Waals surface area contributed by atoms with Crippen LogP contribution in [0.2, 0.25) is 10.4 Å². The molecule has 0 bridgehead atoms. The highest BCUT2D eigenvalue weighted by Gasteiger charge is 2.34. The maximum atomic E-state index is 14.3. The Morgan fingerprint density at radius 3 is 2.97 bits per heavy atom. The Kier molecular flexibility index (Phi) is 6.21. The molecular weight excluding hydrogens is 456 g/mol. The van der Waals surface area contributed by atoms with Crippen LogP contribution in [-0.2, 0) is 11.3 Å². The van der Waals surface area contributed by atoms with Gasteiger partial charge in [0, 0.05) is 25.8 Å². The van der Waals surface area contributed by atoms with E-state index in [2.05, 4.69) is 20.2 Å². The summed E-state index contributed by atoms with van der Waals surface area (Å²) in [7, 11) is 0. The van der Waals surface area contributed by atoms with Gasteiger partial charge in [0.05, 0.1) is 29.6 Å². The summed E-state index contributed by atoms with van der Waals surface area (Å²) in [6.07, 6.45) is 0.991. The number of alkyl halides is 1. The first-order chi connectivity index (χ1) is 14.9. The number of fused-ring (bicyclic) bond motifs is 1. The van der Waals surface area contributed by atoms with E-state index in [-0.39, 0.29) is 40.9 Å². The van der Waals surface area contributed by atoms with Crippen LogP contribution in [0.1, 0.15) is 24.6 Å². The molecule has 1 aliphatic heterocycles. The molecule has 14 heteroatoms. The van der Waals surface area contributed by atoms with E-state index >= 15 is 0 Å². The molecule has 0 N–H and O–H groups in total. The Hall–Kier alpha value is -2.57. The van der Waals surface area contributed by atoms with E-state index in [0.29, 0.717) is 37.0 Å². The van der Waals surface area contributed by atoms with E-state index in [9.17, 15) is 14.5 Å². The topological polar surface area (TPSA) is 123 Å². The Balaban J connectivity index is 1.47. The molecule has 4 heterocycles. The van der Waals surface area contributed by atoms with E-state index in [4.69, 9.17) is 32.7 Å². The fourth-order valence-electron chi connectivity index (χ4n) is 3.52. The lowest BCUT2D eigenvalue weighted by molar-refractivity contribution is -0.386. The summed E-state index contributed by atoms with van der Waals surface area (Å²) in [5.41, 5.74) is 0.446. The van der Waals surface area contributed by atoms with E-state index in [0.717, 1.165) is 0 Å². The van der Waals surface area contributed by atoms with Crippen molar-refractivity contribution in [1.82, 2.24) is 29.5 Å². The molecule has 0 saturated carbocycles. The molecule has 0 aromatic carbocycles. The summed E-state index contributed by atoms with van der Waals surface area (Å²) in [4.78, 5) is 19.0. The van der Waals surface area contributed by atoms with Gasteiger partial charge < -0.3 is 9.47 Å². The zero-order chi connectivity index (χ0) is 22.1. The molecule has 1 aliphatic rings. The first kappa shape index (κ1) is 21.7. The van der Waals surface area contributed by atoms with Gasteiger partial charge in [0.15, 0.2) is 10.8 Å². The smallest absolute Gasteiger partial charge is 0.352 e. The van der Waals surface area contributed by atoms with Gasteiger partial charge in [0.1, 0.15) is 11.9 Å². The van der Waals surface area contributed by atoms with Crippen molar-refractivity contribution in [3.05, 3.63) is 32.4 Å². The minimum Gasteiger partial charge on any atom is -0.472 e. The molecule has 0 aliphatic carbocycles. The molecule has 4 rings (SSSR count). The molecule has 2 atom stereocenters. The molecule has 3 aromatic rings. The highest BCUT2D eigenvalue weighted by atomic mass is 35.5. The van der Waals surface area contributed by atoms with Gasteiger partial charge in [-0.05, 0) is 24.9 Å². The summed E-state index contributed by atoms with van der Waals surface area (Å²) in [5.74, 6) is -0.144. The Morgan fingerprint density at radius 1 is 1.42 bits per heavy atom. The second kappa shape index (κ2) is 8.89. The van der Waals surface area contributed by atoms with Crippen LogP contribution in [0.15, 0.2) is 6.20 Å². The number of hydrogen-bond acceptors (Lipinski definition) is 8. The Bertz CT molecular complexity index is 1120. The van der Waals surface area contributed by atoms with Crippen LogP contribution in [0.4, 0.5) is 10.1 Å². The molecule has 0 radical (unpaired) electrons. The lowest BCUT2D eigenvalue weighted by Gasteiger charge is -2.26. The van der Waals surface area contributed by atoms with E-state index in [1.165, 1.54) is 17.8 Å². The second-order valence-electron chi connectivity index (χ2n) is 6.98. The van der Waals surface area contributed by atoms with Crippen LogP contribution < -0.4 is 4.74 Å². The van der Waals surface area contributed by atoms with Crippen LogP contribution in [0.5, 0.6) is 5.88 Å². The molecule has 0 spiro atoms. The first-order valence-electron chi connectivity index (χ1n) is 9.49. The van der Waals surface area contributed by atoms with Gasteiger partial charge in [-0.1, -0.05) is 11.6 Å². The van der Waals surface area contributed by atoms with Gasteiger partial charge in [0.25, 0.3) is 0 Å². The third-order valence-electron chi connectivity index (χ3n) is 5.00. The summed E-state index contributed by atoms with van der Waals surface area (Å²) in [6.45, 7) is 2.31. The van der Waals surface area contributed by atoms with Crippen molar-refractivity contribution >= 4 is 39.9 Å². The number of rotatable bonds is 7. The van der Waals surface area contributed by atoms with E-state index in [1.54, 1.807) is 4.68 Å². The number of nitrogens with zero attached hydrogens (tertiary/aromatic N) is 7. The number of aryl methyl sites for hydroxylation is 1. The molecule has 1 saturated heterocycles. The van der Waals surface area contributed by atoms with Gasteiger partial charge >= 0.3 is 11.6 Å². The largest absolute Gasteiger partial charge is 0.472 e. The van der Waals surface area contributed by atoms with E-state index < -0.39 is 17.1 Å². The normalized spacial score (nSPS) is 19.1. The number of nitro groups is 1. The minimum atomic E-state index is -1.30. The second-order valence-corrected chi connectivity index (χ2v) is 7.68. The van der Waals surface area contributed by atoms with E-state index in [1.807, 2.05) is 0 Å². The highest BCUT2D eigenvalue weighted by Crippen LogP contribution is 2.35. The SMILES string of the molecule is Cc1c([N+](=O)[O-])c(OCCCn2nc(Cl)c3cnc(Cl)nc32)nn1C1CCOC[C@@H]1F. The van der Waals surface area contributed by atoms with Crippen LogP contribution in [0.3, 0.4) is 0 Å².